The lowest BCUT2D eigenvalue weighted by Gasteiger charge is -2.42. The van der Waals surface area contributed by atoms with Gasteiger partial charge in [0.05, 0.1) is 40.1 Å². The third kappa shape index (κ3) is 6.66. The minimum atomic E-state index is -2.17. The van der Waals surface area contributed by atoms with Gasteiger partial charge in [-0.25, -0.2) is 4.79 Å². The van der Waals surface area contributed by atoms with Gasteiger partial charge in [-0.1, -0.05) is 0 Å². The molecule has 2 heterocycles. The molecule has 4 rings (SSSR count). The zero-order valence-corrected chi connectivity index (χ0v) is 23.4. The maximum Gasteiger partial charge on any atom is 0.338 e. The molecule has 16 nitrogen and oxygen atoms in total. The molecule has 0 radical (unpaired) electrons. The second-order valence-corrected chi connectivity index (χ2v) is 9.79. The molecule has 2 aliphatic heterocycles. The second kappa shape index (κ2) is 13.4. The van der Waals surface area contributed by atoms with Crippen LogP contribution in [0.5, 0.6) is 34.5 Å². The summed E-state index contributed by atoms with van der Waals surface area (Å²) >= 11 is 0. The maximum atomic E-state index is 12.7. The molecule has 2 saturated heterocycles. The van der Waals surface area contributed by atoms with Gasteiger partial charge in [-0.2, -0.15) is 0 Å². The van der Waals surface area contributed by atoms with E-state index in [9.17, 15) is 40.5 Å². The summed E-state index contributed by atoms with van der Waals surface area (Å²) in [5, 5.41) is 72.6. The molecule has 0 saturated carbocycles. The highest BCUT2D eigenvalue weighted by Crippen LogP contribution is 2.38. The third-order valence-electron chi connectivity index (χ3n) is 6.99. The summed E-state index contributed by atoms with van der Waals surface area (Å²) < 4.78 is 42.7. The Morgan fingerprint density at radius 1 is 0.953 bits per heavy atom. The quantitative estimate of drug-likeness (QED) is 0.145. The van der Waals surface area contributed by atoms with Crippen molar-refractivity contribution in [2.45, 2.75) is 48.7 Å². The summed E-state index contributed by atoms with van der Waals surface area (Å²) in [5.41, 5.74) is -2.25. The van der Waals surface area contributed by atoms with Crippen molar-refractivity contribution in [2.24, 2.45) is 0 Å². The average molecular weight is 615 g/mol. The van der Waals surface area contributed by atoms with Crippen LogP contribution in [0, 0.1) is 0 Å². The van der Waals surface area contributed by atoms with Gasteiger partial charge in [0, 0.05) is 6.07 Å². The van der Waals surface area contributed by atoms with Gasteiger partial charge in [0.2, 0.25) is 12.0 Å². The predicted octanol–water partition coefficient (Wildman–Crippen LogP) is -1.37. The van der Waals surface area contributed by atoms with Crippen LogP contribution in [0.4, 0.5) is 0 Å². The molecular formula is C27H34O16. The fourth-order valence-electron chi connectivity index (χ4n) is 4.50. The summed E-state index contributed by atoms with van der Waals surface area (Å²) in [6.45, 7) is -2.01. The highest BCUT2D eigenvalue weighted by molar-refractivity contribution is 5.91. The zero-order valence-electron chi connectivity index (χ0n) is 23.4. The Bertz CT molecular complexity index is 1250. The van der Waals surface area contributed by atoms with Crippen LogP contribution in [0.15, 0.2) is 30.3 Å². The SMILES string of the molecule is COc1cc(O[C@@H]2O[C@H](CO)[C@@H](O)[C@H](O)[C@H]2O[C@@H]2OC[C@](O)(COC(=O)c3cc(OC)c(O)c(OC)c3)[C@H]2O)ccc1O. The van der Waals surface area contributed by atoms with Gasteiger partial charge in [-0.05, 0) is 24.3 Å². The van der Waals surface area contributed by atoms with Crippen molar-refractivity contribution in [3.63, 3.8) is 0 Å². The van der Waals surface area contributed by atoms with Gasteiger partial charge < -0.3 is 73.6 Å². The number of aliphatic hydroxyl groups excluding tert-OH is 4. The Balaban J connectivity index is 1.46. The third-order valence-corrected chi connectivity index (χ3v) is 6.99. The molecule has 0 aliphatic carbocycles. The molecule has 0 aromatic heterocycles. The molecule has 238 valence electrons. The van der Waals surface area contributed by atoms with Crippen molar-refractivity contribution >= 4 is 5.97 Å². The standard InChI is InChI=1S/C27H34O16/c1-36-15-8-13(4-5-14(15)29)41-25-22(21(32)20(31)18(9-28)42-25)43-26-23(33)27(35,11-40-26)10-39-24(34)12-6-16(37-2)19(30)17(7-12)38-3/h4-8,18,20-23,25-26,28-33,35H,9-11H2,1-3H3/t18-,20-,21+,22-,23+,25-,26+,27-/m1/s1. The largest absolute Gasteiger partial charge is 0.504 e. The van der Waals surface area contributed by atoms with Crippen LogP contribution >= 0.6 is 0 Å². The van der Waals surface area contributed by atoms with E-state index in [0.717, 1.165) is 0 Å². The fraction of sp³-hybridized carbons (Fsp3) is 0.519. The molecule has 2 aliphatic rings. The van der Waals surface area contributed by atoms with Gasteiger partial charge in [0.1, 0.15) is 36.8 Å². The summed E-state index contributed by atoms with van der Waals surface area (Å²) in [6.07, 6.45) is -11.1. The Kier molecular flexibility index (Phi) is 10.0. The van der Waals surface area contributed by atoms with E-state index < -0.39 is 74.5 Å². The van der Waals surface area contributed by atoms with Crippen molar-refractivity contribution < 1.29 is 78.4 Å². The highest BCUT2D eigenvalue weighted by atomic mass is 16.8. The molecule has 0 bridgehead atoms. The lowest BCUT2D eigenvalue weighted by Crippen LogP contribution is -2.62. The first-order valence-corrected chi connectivity index (χ1v) is 12.9. The molecule has 0 unspecified atom stereocenters. The van der Waals surface area contributed by atoms with Gasteiger partial charge in [-0.15, -0.1) is 0 Å². The topological polar surface area (TPSA) is 233 Å². The van der Waals surface area contributed by atoms with Crippen LogP contribution in [0.1, 0.15) is 10.4 Å². The monoisotopic (exact) mass is 614 g/mol. The Labute approximate surface area is 245 Å². The number of phenolic OH excluding ortho intramolecular Hbond substituents is 2. The first-order valence-electron chi connectivity index (χ1n) is 12.9. The van der Waals surface area contributed by atoms with Crippen LogP contribution in [-0.2, 0) is 18.9 Å². The predicted molar refractivity (Wildman–Crippen MR) is 140 cm³/mol. The molecule has 8 atom stereocenters. The molecule has 0 spiro atoms. The van der Waals surface area contributed by atoms with E-state index in [4.69, 9.17) is 37.9 Å². The van der Waals surface area contributed by atoms with Crippen LogP contribution in [0.2, 0.25) is 0 Å². The van der Waals surface area contributed by atoms with E-state index in [1.807, 2.05) is 0 Å². The van der Waals surface area contributed by atoms with Crippen molar-refractivity contribution in [2.75, 3.05) is 41.2 Å². The van der Waals surface area contributed by atoms with Crippen molar-refractivity contribution in [1.29, 1.82) is 0 Å². The normalized spacial score (nSPS) is 30.5. The average Bonchev–Trinajstić information content (AvgIpc) is 3.29. The maximum absolute atomic E-state index is 12.7. The van der Waals surface area contributed by atoms with E-state index in [1.54, 1.807) is 0 Å². The van der Waals surface area contributed by atoms with Crippen molar-refractivity contribution in [3.05, 3.63) is 35.9 Å². The Hall–Kier alpha value is -3.61. The van der Waals surface area contributed by atoms with E-state index in [0.29, 0.717) is 0 Å². The van der Waals surface area contributed by atoms with Crippen molar-refractivity contribution in [3.8, 4) is 34.5 Å². The minimum Gasteiger partial charge on any atom is -0.504 e. The van der Waals surface area contributed by atoms with Crippen LogP contribution in [0.3, 0.4) is 0 Å². The number of carbonyl (C=O) groups is 1. The molecule has 2 fully saturated rings. The van der Waals surface area contributed by atoms with Crippen molar-refractivity contribution in [1.82, 2.24) is 0 Å². The number of phenols is 2. The molecule has 7 N–H and O–H groups in total. The zero-order chi connectivity index (χ0) is 31.5. The number of ether oxygens (including phenoxy) is 8. The number of esters is 1. The number of methoxy groups -OCH3 is 3. The summed E-state index contributed by atoms with van der Waals surface area (Å²) in [6, 6.07) is 6.33. The Morgan fingerprint density at radius 2 is 1.60 bits per heavy atom. The summed E-state index contributed by atoms with van der Waals surface area (Å²) in [4.78, 5) is 12.7. The van der Waals surface area contributed by atoms with E-state index in [2.05, 4.69) is 0 Å². The molecular weight excluding hydrogens is 580 g/mol. The smallest absolute Gasteiger partial charge is 0.338 e. The first kappa shape index (κ1) is 32.3. The van der Waals surface area contributed by atoms with E-state index >= 15 is 0 Å². The molecule has 16 heteroatoms. The van der Waals surface area contributed by atoms with E-state index in [1.165, 1.54) is 51.7 Å². The Morgan fingerprint density at radius 3 is 2.21 bits per heavy atom. The molecule has 0 amide bonds. The molecule has 43 heavy (non-hydrogen) atoms. The number of aliphatic hydroxyl groups is 5. The minimum absolute atomic E-state index is 0.0587. The van der Waals surface area contributed by atoms with Gasteiger partial charge in [-0.3, -0.25) is 0 Å². The van der Waals surface area contributed by atoms with Crippen LogP contribution in [-0.4, -0.2) is 132 Å². The number of rotatable bonds is 11. The van der Waals surface area contributed by atoms with E-state index in [-0.39, 0.29) is 40.1 Å². The van der Waals surface area contributed by atoms with Crippen LogP contribution < -0.4 is 18.9 Å². The number of hydrogen-bond acceptors (Lipinski definition) is 16. The summed E-state index contributed by atoms with van der Waals surface area (Å²) in [7, 11) is 3.86. The highest BCUT2D eigenvalue weighted by Gasteiger charge is 2.54. The van der Waals surface area contributed by atoms with Gasteiger partial charge >= 0.3 is 5.97 Å². The van der Waals surface area contributed by atoms with Gasteiger partial charge in [0.25, 0.3) is 0 Å². The van der Waals surface area contributed by atoms with Gasteiger partial charge in [0.15, 0.2) is 41.0 Å². The summed E-state index contributed by atoms with van der Waals surface area (Å²) in [5.74, 6) is -1.45. The first-order chi connectivity index (χ1) is 20.5. The van der Waals surface area contributed by atoms with Crippen LogP contribution in [0.25, 0.3) is 0 Å². The number of benzene rings is 2. The molecule has 2 aromatic carbocycles. The number of carbonyl (C=O) groups excluding carboxylic acids is 1. The second-order valence-electron chi connectivity index (χ2n) is 9.79. The number of hydrogen-bond donors (Lipinski definition) is 7. The lowest BCUT2D eigenvalue weighted by atomic mass is 9.98. The number of aromatic hydroxyl groups is 2. The molecule has 2 aromatic rings. The fourth-order valence-corrected chi connectivity index (χ4v) is 4.50. The lowest BCUT2D eigenvalue weighted by molar-refractivity contribution is -0.318.